The normalized spacial score (nSPS) is 18.2. The second kappa shape index (κ2) is 8.02. The van der Waals surface area contributed by atoms with Gasteiger partial charge in [0.25, 0.3) is 0 Å². The molecule has 0 fully saturated rings. The number of hydrogen-bond acceptors (Lipinski definition) is 3. The van der Waals surface area contributed by atoms with Crippen molar-refractivity contribution in [3.05, 3.63) is 29.8 Å². The molecule has 1 unspecified atom stereocenters. The van der Waals surface area contributed by atoms with E-state index in [0.717, 1.165) is 50.9 Å². The number of amides is 1. The van der Waals surface area contributed by atoms with Gasteiger partial charge in [0.1, 0.15) is 0 Å². The fourth-order valence-corrected chi connectivity index (χ4v) is 2.53. The molecule has 0 radical (unpaired) electrons. The molecule has 1 aromatic rings. The molecule has 1 aromatic carbocycles. The number of carbonyl (C=O) groups is 1. The van der Waals surface area contributed by atoms with Gasteiger partial charge in [0.05, 0.1) is 6.04 Å². The molecule has 1 heterocycles. The number of methoxy groups -OCH3 is 1. The summed E-state index contributed by atoms with van der Waals surface area (Å²) in [6.07, 6.45) is 5.10. The molecule has 0 aromatic heterocycles. The van der Waals surface area contributed by atoms with Gasteiger partial charge >= 0.3 is 0 Å². The minimum atomic E-state index is -0.0789. The van der Waals surface area contributed by atoms with Crippen LogP contribution in [0.5, 0.6) is 0 Å². The van der Waals surface area contributed by atoms with Gasteiger partial charge in [-0.1, -0.05) is 18.2 Å². The molecule has 0 bridgehead atoms. The van der Waals surface area contributed by atoms with Crippen LogP contribution in [0.2, 0.25) is 0 Å². The lowest BCUT2D eigenvalue weighted by Crippen LogP contribution is -2.40. The minimum Gasteiger partial charge on any atom is -0.385 e. The predicted octanol–water partition coefficient (Wildman–Crippen LogP) is 2.35. The summed E-state index contributed by atoms with van der Waals surface area (Å²) in [4.78, 5) is 12.1. The van der Waals surface area contributed by atoms with Crippen LogP contribution in [-0.4, -0.2) is 32.2 Å². The molecule has 110 valence electrons. The topological polar surface area (TPSA) is 50.4 Å². The van der Waals surface area contributed by atoms with Crippen LogP contribution >= 0.6 is 0 Å². The highest BCUT2D eigenvalue weighted by Gasteiger charge is 2.22. The second-order valence-corrected chi connectivity index (χ2v) is 5.25. The number of hydrogen-bond donors (Lipinski definition) is 2. The zero-order valence-corrected chi connectivity index (χ0v) is 12.2. The number of fused-ring (bicyclic) bond motifs is 1. The van der Waals surface area contributed by atoms with Crippen molar-refractivity contribution in [2.24, 2.45) is 0 Å². The third-order valence-electron chi connectivity index (χ3n) is 3.71. The molecule has 4 heteroatoms. The van der Waals surface area contributed by atoms with Crippen molar-refractivity contribution in [3.8, 4) is 0 Å². The summed E-state index contributed by atoms with van der Waals surface area (Å²) in [5.74, 6) is 0.0897. The summed E-state index contributed by atoms with van der Waals surface area (Å²) < 4.78 is 5.02. The molecule has 4 nitrogen and oxygen atoms in total. The van der Waals surface area contributed by atoms with E-state index < -0.39 is 0 Å². The van der Waals surface area contributed by atoms with Gasteiger partial charge in [-0.25, -0.2) is 0 Å². The summed E-state index contributed by atoms with van der Waals surface area (Å²) in [6, 6.07) is 7.96. The largest absolute Gasteiger partial charge is 0.385 e. The fraction of sp³-hybridized carbons (Fsp3) is 0.562. The van der Waals surface area contributed by atoms with Crippen LogP contribution in [0.25, 0.3) is 0 Å². The molecule has 2 N–H and O–H groups in total. The first-order valence-corrected chi connectivity index (χ1v) is 7.42. The quantitative estimate of drug-likeness (QED) is 0.752. The van der Waals surface area contributed by atoms with Crippen LogP contribution in [0.1, 0.15) is 31.2 Å². The van der Waals surface area contributed by atoms with Gasteiger partial charge in [-0.2, -0.15) is 0 Å². The van der Waals surface area contributed by atoms with Crippen LogP contribution in [0, 0.1) is 0 Å². The van der Waals surface area contributed by atoms with Crippen molar-refractivity contribution in [3.63, 3.8) is 0 Å². The van der Waals surface area contributed by atoms with Crippen molar-refractivity contribution in [2.45, 2.75) is 38.1 Å². The Kier molecular flexibility index (Phi) is 6.02. The number of para-hydroxylation sites is 1. The predicted molar refractivity (Wildman–Crippen MR) is 80.9 cm³/mol. The van der Waals surface area contributed by atoms with Crippen LogP contribution < -0.4 is 10.6 Å². The first-order chi connectivity index (χ1) is 9.81. The highest BCUT2D eigenvalue weighted by atomic mass is 16.5. The Morgan fingerprint density at radius 2 is 2.15 bits per heavy atom. The number of rotatable bonds is 7. The summed E-state index contributed by atoms with van der Waals surface area (Å²) >= 11 is 0. The maximum atomic E-state index is 12.1. The summed E-state index contributed by atoms with van der Waals surface area (Å²) in [5, 5.41) is 6.38. The first kappa shape index (κ1) is 15.0. The van der Waals surface area contributed by atoms with Crippen LogP contribution in [-0.2, 0) is 16.0 Å². The lowest BCUT2D eigenvalue weighted by Gasteiger charge is -2.15. The van der Waals surface area contributed by atoms with Crippen LogP contribution in [0.3, 0.4) is 0 Å². The maximum absolute atomic E-state index is 12.1. The molecule has 0 saturated heterocycles. The monoisotopic (exact) mass is 276 g/mol. The summed E-state index contributed by atoms with van der Waals surface area (Å²) in [5.41, 5.74) is 2.19. The molecular formula is C16H24N2O2. The highest BCUT2D eigenvalue weighted by Crippen LogP contribution is 2.21. The Morgan fingerprint density at radius 1 is 1.30 bits per heavy atom. The standard InChI is InChI=1S/C16H24N2O2/c1-20-12-6-2-5-11-17-15-10-9-13-7-3-4-8-14(13)18-16(15)19/h3-4,7-8,15,17H,2,5-6,9-12H2,1H3,(H,18,19). The number of ether oxygens (including phenoxy) is 1. The number of nitrogens with one attached hydrogen (secondary N) is 2. The third kappa shape index (κ3) is 4.32. The van der Waals surface area contributed by atoms with Gasteiger partial charge in [0.15, 0.2) is 0 Å². The van der Waals surface area contributed by atoms with E-state index in [4.69, 9.17) is 4.74 Å². The van der Waals surface area contributed by atoms with Gasteiger partial charge in [-0.3, -0.25) is 4.79 Å². The summed E-state index contributed by atoms with van der Waals surface area (Å²) in [7, 11) is 1.73. The molecule has 1 aliphatic heterocycles. The van der Waals surface area contributed by atoms with E-state index in [1.54, 1.807) is 7.11 Å². The van der Waals surface area contributed by atoms with E-state index in [0.29, 0.717) is 0 Å². The zero-order valence-electron chi connectivity index (χ0n) is 12.2. The van der Waals surface area contributed by atoms with Gasteiger partial charge < -0.3 is 15.4 Å². The Labute approximate surface area is 120 Å². The van der Waals surface area contributed by atoms with E-state index in [9.17, 15) is 4.79 Å². The van der Waals surface area contributed by atoms with Crippen molar-refractivity contribution < 1.29 is 9.53 Å². The van der Waals surface area contributed by atoms with Gasteiger partial charge in [-0.05, 0) is 50.3 Å². The average Bonchev–Trinajstić information content (AvgIpc) is 2.62. The number of carbonyl (C=O) groups excluding carboxylic acids is 1. The Bertz CT molecular complexity index is 434. The van der Waals surface area contributed by atoms with E-state index in [2.05, 4.69) is 16.7 Å². The maximum Gasteiger partial charge on any atom is 0.241 e. The molecule has 2 rings (SSSR count). The van der Waals surface area contributed by atoms with Crippen molar-refractivity contribution >= 4 is 11.6 Å². The summed E-state index contributed by atoms with van der Waals surface area (Å²) in [6.45, 7) is 1.71. The number of anilines is 1. The first-order valence-electron chi connectivity index (χ1n) is 7.42. The van der Waals surface area contributed by atoms with E-state index in [-0.39, 0.29) is 11.9 Å². The fourth-order valence-electron chi connectivity index (χ4n) is 2.53. The van der Waals surface area contributed by atoms with Gasteiger partial charge in [0.2, 0.25) is 5.91 Å². The molecule has 0 saturated carbocycles. The van der Waals surface area contributed by atoms with Crippen molar-refractivity contribution in [2.75, 3.05) is 25.6 Å². The Balaban J connectivity index is 1.76. The molecule has 1 aliphatic rings. The smallest absolute Gasteiger partial charge is 0.241 e. The lowest BCUT2D eigenvalue weighted by molar-refractivity contribution is -0.118. The Hall–Kier alpha value is -1.39. The minimum absolute atomic E-state index is 0.0789. The lowest BCUT2D eigenvalue weighted by atomic mass is 10.1. The number of unbranched alkanes of at least 4 members (excludes halogenated alkanes) is 2. The van der Waals surface area contributed by atoms with E-state index in [1.807, 2.05) is 18.2 Å². The number of benzene rings is 1. The van der Waals surface area contributed by atoms with Gasteiger partial charge in [-0.15, -0.1) is 0 Å². The molecule has 1 atom stereocenters. The van der Waals surface area contributed by atoms with Crippen molar-refractivity contribution in [1.29, 1.82) is 0 Å². The second-order valence-electron chi connectivity index (χ2n) is 5.25. The van der Waals surface area contributed by atoms with E-state index >= 15 is 0 Å². The molecular weight excluding hydrogens is 252 g/mol. The average molecular weight is 276 g/mol. The van der Waals surface area contributed by atoms with Crippen molar-refractivity contribution in [1.82, 2.24) is 5.32 Å². The van der Waals surface area contributed by atoms with Gasteiger partial charge in [0, 0.05) is 19.4 Å². The van der Waals surface area contributed by atoms with Crippen LogP contribution in [0.4, 0.5) is 5.69 Å². The Morgan fingerprint density at radius 3 is 3.00 bits per heavy atom. The number of aryl methyl sites for hydroxylation is 1. The molecule has 0 spiro atoms. The van der Waals surface area contributed by atoms with E-state index in [1.165, 1.54) is 5.56 Å². The zero-order chi connectivity index (χ0) is 14.2. The highest BCUT2D eigenvalue weighted by molar-refractivity contribution is 5.96. The SMILES string of the molecule is COCCCCCNC1CCc2ccccc2NC1=O. The third-order valence-corrected chi connectivity index (χ3v) is 3.71. The molecule has 1 amide bonds. The molecule has 0 aliphatic carbocycles. The van der Waals surface area contributed by atoms with Crippen LogP contribution in [0.15, 0.2) is 24.3 Å². The molecule has 20 heavy (non-hydrogen) atoms.